The Morgan fingerprint density at radius 2 is 1.23 bits per heavy atom. The van der Waals surface area contributed by atoms with Crippen molar-refractivity contribution in [1.82, 2.24) is 0 Å². The van der Waals surface area contributed by atoms with E-state index in [0.29, 0.717) is 18.1 Å². The first kappa shape index (κ1) is 64.8. The van der Waals surface area contributed by atoms with Crippen molar-refractivity contribution in [1.29, 1.82) is 0 Å². The van der Waals surface area contributed by atoms with Crippen molar-refractivity contribution < 1.29 is 235 Å². The fourth-order valence-electron chi connectivity index (χ4n) is 5.18. The maximum Gasteiger partial charge on any atom is 1.00 e. The first-order chi connectivity index (χ1) is 28.0. The average molecular weight is 1050 g/mol. The molecular formula is C29H20N5Na5O19S6. The number of nitrogens with zero attached hydrogens (tertiary/aromatic N) is 4. The van der Waals surface area contributed by atoms with Crippen molar-refractivity contribution >= 4 is 116 Å². The molecule has 0 heterocycles. The van der Waals surface area contributed by atoms with Gasteiger partial charge in [-0.3, -0.25) is 19.3 Å². The molecule has 0 aliphatic carbocycles. The third-order valence-corrected chi connectivity index (χ3v) is 12.7. The third-order valence-electron chi connectivity index (χ3n) is 7.59. The van der Waals surface area contributed by atoms with Crippen LogP contribution in [0.3, 0.4) is 0 Å². The second-order valence-corrected chi connectivity index (χ2v) is 17.6. The van der Waals surface area contributed by atoms with Crippen molar-refractivity contribution in [3.63, 3.8) is 0 Å². The number of hydrogen-bond donors (Lipinski definition) is 2. The molecule has 64 heavy (non-hydrogen) atoms. The van der Waals surface area contributed by atoms with E-state index in [1.54, 1.807) is 0 Å². The maximum atomic E-state index is 12.8. The van der Waals surface area contributed by atoms with E-state index in [0.717, 1.165) is 18.2 Å². The largest absolute Gasteiger partial charge is 1.00 e. The summed E-state index contributed by atoms with van der Waals surface area (Å²) in [6.07, 6.45) is 0. The van der Waals surface area contributed by atoms with Gasteiger partial charge >= 0.3 is 148 Å². The number of phenols is 1. The quantitative estimate of drug-likeness (QED) is 0.0139. The Balaban J connectivity index is 0.00000794. The molecule has 0 atom stereocenters. The summed E-state index contributed by atoms with van der Waals surface area (Å²) >= 11 is 0.680. The molecule has 5 aromatic carbocycles. The van der Waals surface area contributed by atoms with Crippen LogP contribution in [0.25, 0.3) is 21.5 Å². The molecule has 0 amide bonds. The molecule has 0 spiro atoms. The molecule has 2 N–H and O–H groups in total. The summed E-state index contributed by atoms with van der Waals surface area (Å²) in [5, 5.41) is 71.0. The van der Waals surface area contributed by atoms with Crippen LogP contribution in [0.1, 0.15) is 0 Å². The van der Waals surface area contributed by atoms with E-state index in [4.69, 9.17) is 0 Å². The number of nitrogens with one attached hydrogen (secondary N) is 1. The Morgan fingerprint density at radius 1 is 0.641 bits per heavy atom. The molecule has 316 valence electrons. The smallest absolute Gasteiger partial charge is 0.744 e. The predicted octanol–water partition coefficient (Wildman–Crippen LogP) is -11.6. The summed E-state index contributed by atoms with van der Waals surface area (Å²) in [4.78, 5) is -2.57. The molecule has 35 heteroatoms. The van der Waals surface area contributed by atoms with Crippen molar-refractivity contribution in [3.8, 4) is 5.75 Å². The standard InChI is InChI=1S/C29H25N5O19S6.5Na/c1-30-21-9-7-17-19(26(21)33-31-20-8-5-15(13-25(20)58(41,42)43)57(39,40)12-11-47-56-53-50-38)14-24(55-52-49-37)27(28(17)35)34-32-22-10-6-16-18(29(22)59(44,45)46)3-2-4-23(16)54-51-48-36;;;;;/h2-10,13-14,30,35-38H,11-12H2,1H3,(H,41,42,43)(H,44,45,46);;;;;/q;5*+1/p-5. The molecular weight excluding hydrogens is 1030 g/mol. The molecule has 0 aliphatic heterocycles. The second kappa shape index (κ2) is 29.9. The van der Waals surface area contributed by atoms with Gasteiger partial charge in [0.25, 0.3) is 0 Å². The first-order valence-corrected chi connectivity index (χ1v) is 21.9. The number of anilines is 1. The Labute approximate surface area is 486 Å². The number of aromatic hydroxyl groups is 1. The van der Waals surface area contributed by atoms with Gasteiger partial charge in [0.05, 0.1) is 61.7 Å². The van der Waals surface area contributed by atoms with E-state index in [1.807, 2.05) is 0 Å². The van der Waals surface area contributed by atoms with Crippen LogP contribution in [-0.4, -0.2) is 58.9 Å². The number of azo groups is 2. The SMILES string of the molecule is CNc1ccc2c(O)c(N=Nc3ccc4c(SOO[O-])cccc4c3S(=O)(=O)[O-])c(SOO[O-])cc2c1N=Nc1ccc(S(=O)(=O)CCOSOO[O-])cc1S(=O)(=O)[O-].[Na+].[Na+].[Na+].[Na+].[Na+]. The zero-order chi connectivity index (χ0) is 43.0. The minimum absolute atomic E-state index is 0. The average Bonchev–Trinajstić information content (AvgIpc) is 3.19. The minimum atomic E-state index is -5.40. The van der Waals surface area contributed by atoms with Crippen LogP contribution in [-0.2, 0) is 62.4 Å². The van der Waals surface area contributed by atoms with Gasteiger partial charge in [-0.2, -0.15) is 8.67 Å². The molecule has 5 rings (SSSR count). The topological polar surface area (TPSA) is 364 Å². The molecule has 0 unspecified atom stereocenters. The van der Waals surface area contributed by atoms with Gasteiger partial charge in [-0.25, -0.2) is 25.3 Å². The van der Waals surface area contributed by atoms with E-state index in [-0.39, 0.29) is 215 Å². The Hall–Kier alpha value is 0.840. The van der Waals surface area contributed by atoms with Crippen LogP contribution in [0.5, 0.6) is 5.75 Å². The van der Waals surface area contributed by atoms with Crippen LogP contribution >= 0.6 is 36.4 Å². The number of sulfone groups is 1. The van der Waals surface area contributed by atoms with Crippen LogP contribution in [0, 0.1) is 0 Å². The normalized spacial score (nSPS) is 11.7. The van der Waals surface area contributed by atoms with Crippen molar-refractivity contribution in [3.05, 3.63) is 66.7 Å². The summed E-state index contributed by atoms with van der Waals surface area (Å²) in [6, 6.07) is 12.9. The van der Waals surface area contributed by atoms with Gasteiger partial charge in [-0.1, -0.05) is 18.2 Å². The summed E-state index contributed by atoms with van der Waals surface area (Å²) < 4.78 is 117. The van der Waals surface area contributed by atoms with E-state index in [2.05, 4.69) is 58.1 Å². The van der Waals surface area contributed by atoms with Gasteiger partial charge in [0.1, 0.15) is 43.0 Å². The molecule has 0 fully saturated rings. The molecule has 24 nitrogen and oxygen atoms in total. The van der Waals surface area contributed by atoms with Crippen LogP contribution in [0.2, 0.25) is 0 Å². The molecule has 0 radical (unpaired) electrons. The summed E-state index contributed by atoms with van der Waals surface area (Å²) in [5.41, 5.74) is -1.50. The van der Waals surface area contributed by atoms with E-state index >= 15 is 0 Å². The number of hydrogen-bond acceptors (Lipinski definition) is 27. The Bertz CT molecular complexity index is 2780. The molecule has 0 aromatic heterocycles. The van der Waals surface area contributed by atoms with Crippen LogP contribution in [0.15, 0.2) is 112 Å². The molecule has 0 saturated carbocycles. The number of phenolic OH excluding ortho intramolecular Hbond substituents is 1. The molecule has 0 aliphatic rings. The first-order valence-electron chi connectivity index (χ1n) is 15.2. The molecule has 0 bridgehead atoms. The van der Waals surface area contributed by atoms with E-state index in [1.165, 1.54) is 49.5 Å². The van der Waals surface area contributed by atoms with Gasteiger partial charge in [0.2, 0.25) is 0 Å². The van der Waals surface area contributed by atoms with Gasteiger partial charge in [0, 0.05) is 28.1 Å². The summed E-state index contributed by atoms with van der Waals surface area (Å²) in [6.45, 7) is -0.544. The fourth-order valence-corrected chi connectivity index (χ4v) is 9.12. The van der Waals surface area contributed by atoms with Crippen LogP contribution < -0.4 is 169 Å². The van der Waals surface area contributed by atoms with E-state index in [9.17, 15) is 55.2 Å². The van der Waals surface area contributed by atoms with Gasteiger partial charge < -0.3 is 35.3 Å². The monoisotopic (exact) mass is 1050 g/mol. The third kappa shape index (κ3) is 16.7. The second-order valence-electron chi connectivity index (χ2n) is 10.9. The van der Waals surface area contributed by atoms with Gasteiger partial charge in [0.15, 0.2) is 27.9 Å². The Morgan fingerprint density at radius 3 is 1.84 bits per heavy atom. The van der Waals surface area contributed by atoms with E-state index < -0.39 is 79.9 Å². The predicted molar refractivity (Wildman–Crippen MR) is 194 cm³/mol. The number of benzene rings is 5. The zero-order valence-electron chi connectivity index (χ0n) is 33.8. The zero-order valence-corrected chi connectivity index (χ0v) is 48.7. The van der Waals surface area contributed by atoms with Crippen LogP contribution in [0.4, 0.5) is 28.4 Å². The number of fused-ring (bicyclic) bond motifs is 2. The van der Waals surface area contributed by atoms with Crippen molar-refractivity contribution in [2.45, 2.75) is 24.5 Å². The van der Waals surface area contributed by atoms with Gasteiger partial charge in [-0.05, 0) is 53.9 Å². The van der Waals surface area contributed by atoms with Crippen molar-refractivity contribution in [2.75, 3.05) is 24.7 Å². The maximum absolute atomic E-state index is 12.8. The van der Waals surface area contributed by atoms with Crippen molar-refractivity contribution in [2.24, 2.45) is 20.5 Å². The Kier molecular flexibility index (Phi) is 30.3. The van der Waals surface area contributed by atoms with Gasteiger partial charge in [-0.15, -0.1) is 24.8 Å². The molecule has 0 saturated heterocycles. The summed E-state index contributed by atoms with van der Waals surface area (Å²) in [7, 11) is -13.5. The minimum Gasteiger partial charge on any atom is -0.744 e. The number of rotatable bonds is 20. The fraction of sp³-hybridized carbons (Fsp3) is 0.103. The summed E-state index contributed by atoms with van der Waals surface area (Å²) in [5.74, 6) is -1.43. The molecule has 5 aromatic rings.